The van der Waals surface area contributed by atoms with Crippen LogP contribution in [0.3, 0.4) is 0 Å². The van der Waals surface area contributed by atoms with E-state index in [1.54, 1.807) is 0 Å². The van der Waals surface area contributed by atoms with Crippen LogP contribution in [-0.4, -0.2) is 43.4 Å². The molecule has 0 N–H and O–H groups in total. The lowest BCUT2D eigenvalue weighted by atomic mass is 9.88. The Morgan fingerprint density at radius 3 is 1.80 bits per heavy atom. The van der Waals surface area contributed by atoms with Crippen molar-refractivity contribution in [3.63, 3.8) is 0 Å². The Kier molecular flexibility index (Phi) is 3.89. The summed E-state index contributed by atoms with van der Waals surface area (Å²) in [6.07, 6.45) is 5.85. The number of rotatable bonds is 2. The lowest BCUT2D eigenvalue weighted by Gasteiger charge is -2.34. The summed E-state index contributed by atoms with van der Waals surface area (Å²) in [7, 11) is 2.10. The molecule has 2 aromatic carbocycles. The molecule has 152 valence electrons. The molecule has 2 fully saturated rings. The van der Waals surface area contributed by atoms with E-state index >= 15 is 0 Å². The number of benzene rings is 2. The lowest BCUT2D eigenvalue weighted by molar-refractivity contribution is -0.114. The molecule has 0 spiro atoms. The first-order valence-electron chi connectivity index (χ1n) is 10.2. The summed E-state index contributed by atoms with van der Waals surface area (Å²) in [5, 5.41) is 0. The van der Waals surface area contributed by atoms with Gasteiger partial charge < -0.3 is 18.9 Å². The van der Waals surface area contributed by atoms with Crippen LogP contribution in [0.2, 0.25) is 0 Å². The summed E-state index contributed by atoms with van der Waals surface area (Å²) < 4.78 is 22.3. The second kappa shape index (κ2) is 6.64. The summed E-state index contributed by atoms with van der Waals surface area (Å²) in [5.41, 5.74) is 3.35. The molecule has 0 saturated carbocycles. The average molecular weight is 403 g/mol. The molecule has 2 unspecified atom stereocenters. The van der Waals surface area contributed by atoms with Gasteiger partial charge in [0.2, 0.25) is 13.6 Å². The van der Waals surface area contributed by atoms with Crippen molar-refractivity contribution in [2.24, 2.45) is 0 Å². The number of hydrogen-bond donors (Lipinski definition) is 0. The molecule has 2 bridgehead atoms. The van der Waals surface area contributed by atoms with Gasteiger partial charge in [-0.1, -0.05) is 24.3 Å². The maximum atomic E-state index is 13.6. The molecule has 30 heavy (non-hydrogen) atoms. The van der Waals surface area contributed by atoms with Gasteiger partial charge in [0.25, 0.3) is 0 Å². The van der Waals surface area contributed by atoms with Crippen LogP contribution < -0.4 is 18.9 Å². The van der Waals surface area contributed by atoms with Crippen molar-refractivity contribution in [2.75, 3.05) is 20.6 Å². The Morgan fingerprint density at radius 2 is 1.30 bits per heavy atom. The van der Waals surface area contributed by atoms with Crippen molar-refractivity contribution in [3.8, 4) is 23.0 Å². The predicted molar refractivity (Wildman–Crippen MR) is 111 cm³/mol. The molecule has 4 aliphatic heterocycles. The summed E-state index contributed by atoms with van der Waals surface area (Å²) in [6.45, 7) is 0.419. The molecule has 6 rings (SSSR count). The highest BCUT2D eigenvalue weighted by Crippen LogP contribution is 2.44. The van der Waals surface area contributed by atoms with Gasteiger partial charge in [0.05, 0.1) is 0 Å². The molecule has 4 heterocycles. The van der Waals surface area contributed by atoms with Crippen LogP contribution in [0.5, 0.6) is 23.0 Å². The number of hydrogen-bond acceptors (Lipinski definition) is 6. The number of ether oxygens (including phenoxy) is 4. The second-order valence-electron chi connectivity index (χ2n) is 7.96. The molecule has 0 radical (unpaired) electrons. The van der Waals surface area contributed by atoms with Crippen LogP contribution >= 0.6 is 0 Å². The van der Waals surface area contributed by atoms with Crippen LogP contribution in [0, 0.1) is 0 Å². The van der Waals surface area contributed by atoms with Crippen molar-refractivity contribution in [1.82, 2.24) is 4.90 Å². The van der Waals surface area contributed by atoms with Gasteiger partial charge in [-0.25, -0.2) is 0 Å². The third-order valence-electron chi connectivity index (χ3n) is 6.42. The first-order chi connectivity index (χ1) is 14.7. The van der Waals surface area contributed by atoms with E-state index in [-0.39, 0.29) is 31.5 Å². The Morgan fingerprint density at radius 1 is 0.800 bits per heavy atom. The van der Waals surface area contributed by atoms with E-state index in [4.69, 9.17) is 18.9 Å². The van der Waals surface area contributed by atoms with Crippen molar-refractivity contribution >= 4 is 17.9 Å². The smallest absolute Gasteiger partial charge is 0.231 e. The lowest BCUT2D eigenvalue weighted by Crippen LogP contribution is -2.43. The molecule has 6 nitrogen and oxygen atoms in total. The Labute approximate surface area is 174 Å². The van der Waals surface area contributed by atoms with Crippen molar-refractivity contribution in [3.05, 3.63) is 58.7 Å². The van der Waals surface area contributed by atoms with Gasteiger partial charge >= 0.3 is 0 Å². The predicted octanol–water partition coefficient (Wildman–Crippen LogP) is 3.66. The number of carbonyl (C=O) groups excluding carboxylic acids is 1. The van der Waals surface area contributed by atoms with Gasteiger partial charge in [-0.2, -0.15) is 0 Å². The maximum absolute atomic E-state index is 13.6. The van der Waals surface area contributed by atoms with E-state index in [1.165, 1.54) is 0 Å². The minimum atomic E-state index is 0.0913. The van der Waals surface area contributed by atoms with Crippen molar-refractivity contribution in [2.45, 2.75) is 24.9 Å². The Hall–Kier alpha value is -3.25. The fourth-order valence-electron chi connectivity index (χ4n) is 4.95. The number of likely N-dealkylation sites (N-methyl/N-ethyl adjacent to an activating group) is 1. The highest BCUT2D eigenvalue weighted by Gasteiger charge is 2.45. The maximum Gasteiger partial charge on any atom is 0.231 e. The van der Waals surface area contributed by atoms with Crippen molar-refractivity contribution in [1.29, 1.82) is 0 Å². The van der Waals surface area contributed by atoms with Gasteiger partial charge in [0, 0.05) is 34.4 Å². The molecule has 2 atom stereocenters. The number of ketones is 1. The van der Waals surface area contributed by atoms with E-state index in [0.29, 0.717) is 11.5 Å². The Bertz CT molecular complexity index is 1030. The molecule has 4 aliphatic rings. The number of Topliss-reactive ketones (excluding diaryl/α,β-unsaturated/α-hetero) is 1. The van der Waals surface area contributed by atoms with E-state index < -0.39 is 0 Å². The van der Waals surface area contributed by atoms with Gasteiger partial charge in [-0.15, -0.1) is 0 Å². The topological polar surface area (TPSA) is 57.2 Å². The molecule has 6 heteroatoms. The summed E-state index contributed by atoms with van der Waals surface area (Å²) in [5.74, 6) is 2.94. The normalized spacial score (nSPS) is 26.8. The zero-order valence-electron chi connectivity index (χ0n) is 16.6. The molecular weight excluding hydrogens is 382 g/mol. The molecule has 0 amide bonds. The standard InChI is InChI=1S/C24H21NO5/c1-25-18-8-9-19(25)17(11-15-5-3-7-21-24(15)30-13-28-21)22(26)16(18)10-14-4-2-6-20-23(14)29-12-27-20/h2-7,10-11,18-19H,8-9,12-13H2,1H3/b16-10-,17-11-. The van der Waals surface area contributed by atoms with Crippen molar-refractivity contribution < 1.29 is 23.7 Å². The summed E-state index contributed by atoms with van der Waals surface area (Å²) >= 11 is 0. The number of nitrogens with zero attached hydrogens (tertiary/aromatic N) is 1. The minimum absolute atomic E-state index is 0.0913. The summed E-state index contributed by atoms with van der Waals surface area (Å²) in [4.78, 5) is 15.9. The van der Waals surface area contributed by atoms with E-state index in [1.807, 2.05) is 48.6 Å². The summed E-state index contributed by atoms with van der Waals surface area (Å²) in [6, 6.07) is 11.8. The van der Waals surface area contributed by atoms with Crippen LogP contribution in [0.1, 0.15) is 24.0 Å². The van der Waals surface area contributed by atoms with Crippen LogP contribution in [0.4, 0.5) is 0 Å². The molecule has 2 aromatic rings. The zero-order valence-corrected chi connectivity index (χ0v) is 16.6. The minimum Gasteiger partial charge on any atom is -0.454 e. The monoisotopic (exact) mass is 403 g/mol. The average Bonchev–Trinajstić information content (AvgIpc) is 3.48. The second-order valence-corrected chi connectivity index (χ2v) is 7.96. The fraction of sp³-hybridized carbons (Fsp3) is 0.292. The quantitative estimate of drug-likeness (QED) is 0.714. The number of carbonyl (C=O) groups is 1. The highest BCUT2D eigenvalue weighted by atomic mass is 16.7. The van der Waals surface area contributed by atoms with Gasteiger partial charge in [-0.05, 0) is 44.2 Å². The first-order valence-corrected chi connectivity index (χ1v) is 10.2. The van der Waals surface area contributed by atoms with Gasteiger partial charge in [0.15, 0.2) is 28.8 Å². The van der Waals surface area contributed by atoms with Crippen LogP contribution in [0.15, 0.2) is 47.5 Å². The van der Waals surface area contributed by atoms with E-state index in [0.717, 1.165) is 46.6 Å². The molecule has 0 aliphatic carbocycles. The fourth-order valence-corrected chi connectivity index (χ4v) is 4.95. The SMILES string of the molecule is CN1C2CCC1/C(=C/c1cccc3c1OCO3)C(=O)/C2=C\c1cccc2c1OCO2. The van der Waals surface area contributed by atoms with Crippen LogP contribution in [0.25, 0.3) is 12.2 Å². The number of piperidine rings is 1. The van der Waals surface area contributed by atoms with Gasteiger partial charge in [0.1, 0.15) is 0 Å². The zero-order chi connectivity index (χ0) is 20.2. The first kappa shape index (κ1) is 17.6. The Balaban J connectivity index is 1.45. The third kappa shape index (κ3) is 2.57. The molecule has 2 saturated heterocycles. The third-order valence-corrected chi connectivity index (χ3v) is 6.42. The van der Waals surface area contributed by atoms with Gasteiger partial charge in [-0.3, -0.25) is 9.69 Å². The molecular formula is C24H21NO5. The highest BCUT2D eigenvalue weighted by molar-refractivity contribution is 6.16. The van der Waals surface area contributed by atoms with Crippen LogP contribution in [-0.2, 0) is 4.79 Å². The van der Waals surface area contributed by atoms with E-state index in [9.17, 15) is 4.79 Å². The number of fused-ring (bicyclic) bond motifs is 4. The largest absolute Gasteiger partial charge is 0.454 e. The number of para-hydroxylation sites is 2. The molecule has 0 aromatic heterocycles. The van der Waals surface area contributed by atoms with E-state index in [2.05, 4.69) is 11.9 Å².